The van der Waals surface area contributed by atoms with E-state index in [0.717, 1.165) is 36.7 Å². The van der Waals surface area contributed by atoms with Gasteiger partial charge in [0.1, 0.15) is 6.04 Å². The Morgan fingerprint density at radius 1 is 1.26 bits per heavy atom. The molecule has 1 aromatic carbocycles. The summed E-state index contributed by atoms with van der Waals surface area (Å²) in [7, 11) is 0. The lowest BCUT2D eigenvalue weighted by molar-refractivity contribution is 0.0850. The molecular weight excluding hydrogens is 240 g/mol. The average molecular weight is 256 g/mol. The Morgan fingerprint density at radius 2 is 2.11 bits per heavy atom. The molecule has 4 rings (SSSR count). The highest BCUT2D eigenvalue weighted by Crippen LogP contribution is 2.36. The highest BCUT2D eigenvalue weighted by molar-refractivity contribution is 5.78. The molecule has 2 atom stereocenters. The van der Waals surface area contributed by atoms with Crippen molar-refractivity contribution in [1.29, 1.82) is 0 Å². The first kappa shape index (κ1) is 11.1. The van der Waals surface area contributed by atoms with Crippen molar-refractivity contribution in [2.75, 3.05) is 0 Å². The van der Waals surface area contributed by atoms with E-state index in [4.69, 9.17) is 0 Å². The molecule has 0 unspecified atom stereocenters. The third-order valence-corrected chi connectivity index (χ3v) is 4.38. The van der Waals surface area contributed by atoms with Crippen LogP contribution in [0.5, 0.6) is 0 Å². The van der Waals surface area contributed by atoms with E-state index in [0.29, 0.717) is 0 Å². The maximum atomic E-state index is 12.6. The Balaban J connectivity index is 2.03. The number of benzene rings is 1. The predicted molar refractivity (Wildman–Crippen MR) is 73.2 cm³/mol. The summed E-state index contributed by atoms with van der Waals surface area (Å²) in [5, 5.41) is 11.0. The molecule has 1 N–H and O–H groups in total. The Bertz CT molecular complexity index is 738. The lowest BCUT2D eigenvalue weighted by Crippen LogP contribution is -2.40. The van der Waals surface area contributed by atoms with E-state index >= 15 is 0 Å². The number of hydrogen-bond acceptors (Lipinski definition) is 2. The van der Waals surface area contributed by atoms with E-state index < -0.39 is 6.10 Å². The Kier molecular flexibility index (Phi) is 2.23. The molecule has 98 valence electrons. The maximum Gasteiger partial charge on any atom is 0.275 e. The zero-order valence-electron chi connectivity index (χ0n) is 10.6. The van der Waals surface area contributed by atoms with Gasteiger partial charge in [-0.05, 0) is 37.0 Å². The lowest BCUT2D eigenvalue weighted by Gasteiger charge is -2.35. The Morgan fingerprint density at radius 3 is 3.00 bits per heavy atom. The largest absolute Gasteiger partial charge is 0.391 e. The van der Waals surface area contributed by atoms with Crippen molar-refractivity contribution in [3.63, 3.8) is 0 Å². The lowest BCUT2D eigenvalue weighted by atomic mass is 9.86. The molecule has 0 bridgehead atoms. The first-order chi connectivity index (χ1) is 9.27. The molecule has 0 saturated heterocycles. The highest BCUT2D eigenvalue weighted by Gasteiger charge is 2.34. The van der Waals surface area contributed by atoms with Crippen LogP contribution in [-0.2, 0) is 6.54 Å². The Labute approximate surface area is 110 Å². The van der Waals surface area contributed by atoms with E-state index in [1.165, 1.54) is 5.57 Å². The van der Waals surface area contributed by atoms with E-state index in [9.17, 15) is 9.90 Å². The van der Waals surface area contributed by atoms with Gasteiger partial charge >= 0.3 is 0 Å². The summed E-state index contributed by atoms with van der Waals surface area (Å²) >= 11 is 0. The topological polar surface area (TPSA) is 47.2 Å². The van der Waals surface area contributed by atoms with Crippen molar-refractivity contribution in [2.24, 2.45) is 0 Å². The summed E-state index contributed by atoms with van der Waals surface area (Å²) in [4.78, 5) is 12.6. The highest BCUT2D eigenvalue weighted by atomic mass is 16.3. The van der Waals surface area contributed by atoms with E-state index in [1.54, 1.807) is 4.68 Å². The molecule has 4 heteroatoms. The van der Waals surface area contributed by atoms with Crippen LogP contribution in [0.1, 0.15) is 25.3 Å². The van der Waals surface area contributed by atoms with Crippen LogP contribution in [0.3, 0.4) is 0 Å². The van der Waals surface area contributed by atoms with Crippen LogP contribution in [0.25, 0.3) is 10.9 Å². The molecule has 1 aliphatic carbocycles. The molecule has 1 aliphatic heterocycles. The normalized spacial score (nSPS) is 25.8. The molecule has 4 nitrogen and oxygen atoms in total. The quantitative estimate of drug-likeness (QED) is 0.731. The van der Waals surface area contributed by atoms with Crippen molar-refractivity contribution >= 4 is 10.9 Å². The SMILES string of the molecule is O=c1c2ccccc2n2n1[C@@H]1C(=CC2)CCC[C@H]1O. The van der Waals surface area contributed by atoms with Crippen molar-refractivity contribution in [3.05, 3.63) is 46.3 Å². The third kappa shape index (κ3) is 1.40. The van der Waals surface area contributed by atoms with Crippen molar-refractivity contribution in [1.82, 2.24) is 9.36 Å². The summed E-state index contributed by atoms with van der Waals surface area (Å²) in [6, 6.07) is 7.52. The number of aliphatic hydroxyl groups is 1. The molecular formula is C15H16N2O2. The molecule has 2 aromatic rings. The molecule has 0 amide bonds. The van der Waals surface area contributed by atoms with Crippen LogP contribution < -0.4 is 5.56 Å². The number of fused-ring (bicyclic) bond motifs is 5. The van der Waals surface area contributed by atoms with Crippen molar-refractivity contribution in [3.8, 4) is 0 Å². The number of rotatable bonds is 0. The number of aliphatic hydroxyl groups excluding tert-OH is 1. The molecule has 0 radical (unpaired) electrons. The third-order valence-electron chi connectivity index (χ3n) is 4.38. The molecule has 19 heavy (non-hydrogen) atoms. The summed E-state index contributed by atoms with van der Waals surface area (Å²) < 4.78 is 3.77. The molecule has 1 fully saturated rings. The number of aromatic nitrogens is 2. The van der Waals surface area contributed by atoms with Crippen LogP contribution in [0, 0.1) is 0 Å². The van der Waals surface area contributed by atoms with Crippen LogP contribution in [0.4, 0.5) is 0 Å². The van der Waals surface area contributed by atoms with Crippen molar-refractivity contribution in [2.45, 2.75) is 38.0 Å². The van der Waals surface area contributed by atoms with Gasteiger partial charge in [0.25, 0.3) is 5.56 Å². The fraction of sp³-hybridized carbons (Fsp3) is 0.400. The van der Waals surface area contributed by atoms with Crippen LogP contribution >= 0.6 is 0 Å². The first-order valence-electron chi connectivity index (χ1n) is 6.84. The predicted octanol–water partition coefficient (Wildman–Crippen LogP) is 1.83. The smallest absolute Gasteiger partial charge is 0.275 e. The van der Waals surface area contributed by atoms with E-state index in [1.807, 2.05) is 28.9 Å². The van der Waals surface area contributed by atoms with Gasteiger partial charge in [-0.15, -0.1) is 0 Å². The van der Waals surface area contributed by atoms with Crippen LogP contribution in [0.15, 0.2) is 40.7 Å². The first-order valence-corrected chi connectivity index (χ1v) is 6.84. The number of hydrogen-bond donors (Lipinski definition) is 1. The molecule has 0 spiro atoms. The fourth-order valence-electron chi connectivity index (χ4n) is 3.51. The van der Waals surface area contributed by atoms with Gasteiger partial charge in [0.15, 0.2) is 0 Å². The molecule has 2 heterocycles. The van der Waals surface area contributed by atoms with Gasteiger partial charge in [0.2, 0.25) is 0 Å². The molecule has 1 saturated carbocycles. The fourth-order valence-corrected chi connectivity index (χ4v) is 3.51. The van der Waals surface area contributed by atoms with Gasteiger partial charge in [0.05, 0.1) is 23.6 Å². The minimum atomic E-state index is -0.443. The van der Waals surface area contributed by atoms with Crippen LogP contribution in [-0.4, -0.2) is 20.6 Å². The van der Waals surface area contributed by atoms with E-state index in [2.05, 4.69) is 6.08 Å². The second-order valence-corrected chi connectivity index (χ2v) is 5.43. The number of allylic oxidation sites excluding steroid dienone is 1. The molecule has 2 aliphatic rings. The van der Waals surface area contributed by atoms with Crippen LogP contribution in [0.2, 0.25) is 0 Å². The summed E-state index contributed by atoms with van der Waals surface area (Å²) in [5.74, 6) is 0. The summed E-state index contributed by atoms with van der Waals surface area (Å²) in [5.41, 5.74) is 2.20. The minimum absolute atomic E-state index is 0.0205. The summed E-state index contributed by atoms with van der Waals surface area (Å²) in [6.07, 6.45) is 4.52. The average Bonchev–Trinajstić information content (AvgIpc) is 2.73. The van der Waals surface area contributed by atoms with Gasteiger partial charge < -0.3 is 5.11 Å². The molecule has 1 aromatic heterocycles. The minimum Gasteiger partial charge on any atom is -0.391 e. The number of para-hydroxylation sites is 1. The standard InChI is InChI=1S/C15H16N2O2/c18-13-7-3-4-10-8-9-16-12-6-2-1-5-11(12)15(19)17(16)14(10)13/h1-2,5-6,8,13-14,18H,3-4,7,9H2/t13-,14-/m1/s1. The Hall–Kier alpha value is -1.81. The van der Waals surface area contributed by atoms with Gasteiger partial charge in [-0.25, -0.2) is 4.68 Å². The van der Waals surface area contributed by atoms with Gasteiger partial charge in [-0.3, -0.25) is 9.48 Å². The second kappa shape index (κ2) is 3.84. The van der Waals surface area contributed by atoms with Gasteiger partial charge in [0, 0.05) is 0 Å². The summed E-state index contributed by atoms with van der Waals surface area (Å²) in [6.45, 7) is 0.724. The second-order valence-electron chi connectivity index (χ2n) is 5.43. The monoisotopic (exact) mass is 256 g/mol. The van der Waals surface area contributed by atoms with Gasteiger partial charge in [-0.1, -0.05) is 18.2 Å². The number of nitrogens with zero attached hydrogens (tertiary/aromatic N) is 2. The van der Waals surface area contributed by atoms with E-state index in [-0.39, 0.29) is 11.6 Å². The van der Waals surface area contributed by atoms with Crippen molar-refractivity contribution < 1.29 is 5.11 Å². The zero-order chi connectivity index (χ0) is 13.0. The zero-order valence-corrected chi connectivity index (χ0v) is 10.6. The maximum absolute atomic E-state index is 12.6. The van der Waals surface area contributed by atoms with Gasteiger partial charge in [-0.2, -0.15) is 0 Å².